The molecular formula is C13H14O. The van der Waals surface area contributed by atoms with E-state index in [1.165, 1.54) is 11.1 Å². The summed E-state index contributed by atoms with van der Waals surface area (Å²) in [5, 5.41) is 0. The highest BCUT2D eigenvalue weighted by molar-refractivity contribution is 5.71. The van der Waals surface area contributed by atoms with Crippen LogP contribution in [0.4, 0.5) is 0 Å². The van der Waals surface area contributed by atoms with Crippen molar-refractivity contribution in [3.63, 3.8) is 0 Å². The van der Waals surface area contributed by atoms with Gasteiger partial charge in [0.2, 0.25) is 0 Å². The maximum atomic E-state index is 10.5. The Morgan fingerprint density at radius 1 is 1.29 bits per heavy atom. The van der Waals surface area contributed by atoms with E-state index in [1.807, 2.05) is 18.2 Å². The van der Waals surface area contributed by atoms with Crippen LogP contribution in [0.5, 0.6) is 0 Å². The number of benzene rings is 1. The average Bonchev–Trinajstić information content (AvgIpc) is 2.68. The predicted octanol–water partition coefficient (Wildman–Crippen LogP) is 3.07. The molecule has 14 heavy (non-hydrogen) atoms. The molecule has 0 radical (unpaired) electrons. The fraction of sp³-hybridized carbons (Fsp3) is 0.308. The van der Waals surface area contributed by atoms with Crippen LogP contribution < -0.4 is 0 Å². The number of hydrogen-bond acceptors (Lipinski definition) is 1. The topological polar surface area (TPSA) is 17.1 Å². The number of aldehydes is 1. The first kappa shape index (κ1) is 9.20. The Labute approximate surface area is 84.5 Å². The summed E-state index contributed by atoms with van der Waals surface area (Å²) >= 11 is 0. The Morgan fingerprint density at radius 3 is 2.79 bits per heavy atom. The first-order chi connectivity index (χ1) is 6.92. The zero-order valence-corrected chi connectivity index (χ0v) is 8.15. The number of carbonyl (C=O) groups is 1. The van der Waals surface area contributed by atoms with Crippen LogP contribution in [-0.4, -0.2) is 6.29 Å². The van der Waals surface area contributed by atoms with Crippen LogP contribution in [0.1, 0.15) is 24.8 Å². The minimum Gasteiger partial charge on any atom is -0.303 e. The summed E-state index contributed by atoms with van der Waals surface area (Å²) in [5.41, 5.74) is 2.63. The molecule has 1 atom stereocenters. The summed E-state index contributed by atoms with van der Waals surface area (Å²) in [4.78, 5) is 10.5. The zero-order chi connectivity index (χ0) is 9.80. The third-order valence-corrected chi connectivity index (χ3v) is 2.81. The number of carbonyl (C=O) groups excluding carboxylic acids is 1. The van der Waals surface area contributed by atoms with Crippen LogP contribution in [0.15, 0.2) is 36.4 Å². The molecule has 0 saturated carbocycles. The second kappa shape index (κ2) is 4.23. The van der Waals surface area contributed by atoms with Crippen molar-refractivity contribution in [2.24, 2.45) is 5.92 Å². The standard InChI is InChI=1S/C13H14O/c14-10-9-12-7-4-8-13(12)11-5-2-1-3-6-11/h1-3,5-6,8,10,12H,4,7,9H2/t12-/m1/s1. The van der Waals surface area contributed by atoms with Crippen molar-refractivity contribution in [3.05, 3.63) is 42.0 Å². The highest BCUT2D eigenvalue weighted by atomic mass is 16.1. The molecule has 0 unspecified atom stereocenters. The molecule has 0 heterocycles. The average molecular weight is 186 g/mol. The van der Waals surface area contributed by atoms with E-state index < -0.39 is 0 Å². The van der Waals surface area contributed by atoms with Crippen molar-refractivity contribution in [2.75, 3.05) is 0 Å². The molecule has 2 rings (SSSR count). The maximum absolute atomic E-state index is 10.5. The van der Waals surface area contributed by atoms with E-state index in [0.29, 0.717) is 12.3 Å². The molecule has 1 aromatic rings. The van der Waals surface area contributed by atoms with Gasteiger partial charge in [-0.15, -0.1) is 0 Å². The summed E-state index contributed by atoms with van der Waals surface area (Å²) in [6.07, 6.45) is 6.21. The molecule has 0 amide bonds. The number of hydrogen-bond donors (Lipinski definition) is 0. The molecule has 0 aromatic heterocycles. The van der Waals surface area contributed by atoms with Gasteiger partial charge in [0.1, 0.15) is 6.29 Å². The van der Waals surface area contributed by atoms with E-state index in [0.717, 1.165) is 19.1 Å². The first-order valence-electron chi connectivity index (χ1n) is 5.11. The van der Waals surface area contributed by atoms with Crippen molar-refractivity contribution in [1.82, 2.24) is 0 Å². The van der Waals surface area contributed by atoms with Crippen molar-refractivity contribution >= 4 is 11.9 Å². The Bertz CT molecular complexity index is 338. The molecule has 0 fully saturated rings. The van der Waals surface area contributed by atoms with Crippen molar-refractivity contribution < 1.29 is 4.79 Å². The molecule has 0 N–H and O–H groups in total. The van der Waals surface area contributed by atoms with E-state index in [2.05, 4.69) is 18.2 Å². The molecular weight excluding hydrogens is 172 g/mol. The van der Waals surface area contributed by atoms with Gasteiger partial charge in [-0.05, 0) is 29.9 Å². The van der Waals surface area contributed by atoms with Gasteiger partial charge >= 0.3 is 0 Å². The van der Waals surface area contributed by atoms with E-state index >= 15 is 0 Å². The molecule has 1 aliphatic carbocycles. The highest BCUT2D eigenvalue weighted by Crippen LogP contribution is 2.35. The second-order valence-electron chi connectivity index (χ2n) is 3.70. The van der Waals surface area contributed by atoms with Crippen LogP contribution >= 0.6 is 0 Å². The van der Waals surface area contributed by atoms with E-state index in [4.69, 9.17) is 0 Å². The van der Waals surface area contributed by atoms with Crippen molar-refractivity contribution in [3.8, 4) is 0 Å². The molecule has 0 saturated heterocycles. The number of rotatable bonds is 3. The van der Waals surface area contributed by atoms with Gasteiger partial charge < -0.3 is 4.79 Å². The minimum absolute atomic E-state index is 0.454. The molecule has 0 aliphatic heterocycles. The van der Waals surface area contributed by atoms with Crippen molar-refractivity contribution in [1.29, 1.82) is 0 Å². The highest BCUT2D eigenvalue weighted by Gasteiger charge is 2.19. The SMILES string of the molecule is O=CC[C@H]1CCC=C1c1ccccc1. The van der Waals surface area contributed by atoms with Gasteiger partial charge in [0.05, 0.1) is 0 Å². The van der Waals surface area contributed by atoms with E-state index in [1.54, 1.807) is 0 Å². The smallest absolute Gasteiger partial charge is 0.120 e. The third kappa shape index (κ3) is 1.77. The largest absolute Gasteiger partial charge is 0.303 e. The lowest BCUT2D eigenvalue weighted by molar-refractivity contribution is -0.108. The quantitative estimate of drug-likeness (QED) is 0.663. The van der Waals surface area contributed by atoms with Gasteiger partial charge in [0.25, 0.3) is 0 Å². The lowest BCUT2D eigenvalue weighted by Crippen LogP contribution is -1.99. The summed E-state index contributed by atoms with van der Waals surface area (Å²) in [7, 11) is 0. The summed E-state index contributed by atoms with van der Waals surface area (Å²) in [6, 6.07) is 10.4. The fourth-order valence-electron chi connectivity index (χ4n) is 2.11. The van der Waals surface area contributed by atoms with Crippen LogP contribution in [0.25, 0.3) is 5.57 Å². The van der Waals surface area contributed by atoms with Crippen LogP contribution in [0, 0.1) is 5.92 Å². The molecule has 1 nitrogen and oxygen atoms in total. The van der Waals surface area contributed by atoms with Crippen molar-refractivity contribution in [2.45, 2.75) is 19.3 Å². The first-order valence-corrected chi connectivity index (χ1v) is 5.11. The van der Waals surface area contributed by atoms with Gasteiger partial charge in [-0.25, -0.2) is 0 Å². The second-order valence-corrected chi connectivity index (χ2v) is 3.70. The molecule has 1 heteroatoms. The van der Waals surface area contributed by atoms with Gasteiger partial charge in [-0.2, -0.15) is 0 Å². The molecule has 0 bridgehead atoms. The lowest BCUT2D eigenvalue weighted by atomic mass is 9.93. The summed E-state index contributed by atoms with van der Waals surface area (Å²) in [6.45, 7) is 0. The molecule has 1 aromatic carbocycles. The zero-order valence-electron chi connectivity index (χ0n) is 8.15. The van der Waals surface area contributed by atoms with Crippen LogP contribution in [0.2, 0.25) is 0 Å². The Morgan fingerprint density at radius 2 is 2.07 bits per heavy atom. The number of allylic oxidation sites excluding steroid dienone is 2. The lowest BCUT2D eigenvalue weighted by Gasteiger charge is -2.11. The Balaban J connectivity index is 2.22. The Kier molecular flexibility index (Phi) is 2.78. The predicted molar refractivity (Wildman–Crippen MR) is 57.8 cm³/mol. The minimum atomic E-state index is 0.454. The summed E-state index contributed by atoms with van der Waals surface area (Å²) < 4.78 is 0. The fourth-order valence-corrected chi connectivity index (χ4v) is 2.11. The van der Waals surface area contributed by atoms with Gasteiger partial charge in [0, 0.05) is 6.42 Å². The van der Waals surface area contributed by atoms with Crippen LogP contribution in [0.3, 0.4) is 0 Å². The molecule has 72 valence electrons. The van der Waals surface area contributed by atoms with E-state index in [9.17, 15) is 4.79 Å². The van der Waals surface area contributed by atoms with E-state index in [-0.39, 0.29) is 0 Å². The van der Waals surface area contributed by atoms with Gasteiger partial charge in [-0.3, -0.25) is 0 Å². The normalized spacial score (nSPS) is 20.6. The molecule has 1 aliphatic rings. The maximum Gasteiger partial charge on any atom is 0.120 e. The third-order valence-electron chi connectivity index (χ3n) is 2.81. The van der Waals surface area contributed by atoms with Crippen LogP contribution in [-0.2, 0) is 4.79 Å². The Hall–Kier alpha value is -1.37. The van der Waals surface area contributed by atoms with Gasteiger partial charge in [-0.1, -0.05) is 36.4 Å². The monoisotopic (exact) mass is 186 g/mol. The summed E-state index contributed by atoms with van der Waals surface area (Å²) in [5.74, 6) is 0.454. The molecule has 0 spiro atoms. The van der Waals surface area contributed by atoms with Gasteiger partial charge in [0.15, 0.2) is 0 Å².